The van der Waals surface area contributed by atoms with Crippen LogP contribution in [0.3, 0.4) is 0 Å². The maximum absolute atomic E-state index is 6.51. The molecule has 1 heterocycles. The second-order valence-corrected chi connectivity index (χ2v) is 7.09. The summed E-state index contributed by atoms with van der Waals surface area (Å²) in [6.45, 7) is 10.1. The minimum Gasteiger partial charge on any atom is -0.491 e. The second-order valence-electron chi connectivity index (χ2n) is 5.96. The highest BCUT2D eigenvalue weighted by Crippen LogP contribution is 2.30. The van der Waals surface area contributed by atoms with E-state index < -0.39 is 0 Å². The third kappa shape index (κ3) is 5.25. The van der Waals surface area contributed by atoms with Crippen LogP contribution in [0.25, 0.3) is 0 Å². The van der Waals surface area contributed by atoms with E-state index in [1.165, 1.54) is 11.8 Å². The van der Waals surface area contributed by atoms with Gasteiger partial charge in [-0.05, 0) is 51.6 Å². The van der Waals surface area contributed by atoms with E-state index in [0.717, 1.165) is 35.8 Å². The third-order valence-corrected chi connectivity index (χ3v) is 4.70. The maximum atomic E-state index is 6.51. The Morgan fingerprint density at radius 3 is 2.28 bits per heavy atom. The zero-order valence-corrected chi connectivity index (χ0v) is 17.1. The Balaban J connectivity index is 2.34. The molecule has 136 valence electrons. The summed E-state index contributed by atoms with van der Waals surface area (Å²) in [5.74, 6) is 1.81. The monoisotopic (exact) mass is 379 g/mol. The van der Waals surface area contributed by atoms with Crippen LogP contribution in [0.2, 0.25) is 5.15 Å². The number of hydrogen-bond acceptors (Lipinski definition) is 5. The standard InChI is InChI=1S/C19H26ClN3OS/c1-6-23(7-2)18-16(17(20)21-19(22-18)25-5)12-14-8-10-15(11-9-14)24-13(3)4/h8-11,13H,6-7,12H2,1-5H3. The molecule has 2 rings (SSSR count). The Hall–Kier alpha value is -1.46. The van der Waals surface area contributed by atoms with Crippen LogP contribution < -0.4 is 9.64 Å². The van der Waals surface area contributed by atoms with Crippen molar-refractivity contribution in [3.8, 4) is 5.75 Å². The molecule has 0 amide bonds. The van der Waals surface area contributed by atoms with Crippen LogP contribution in [0.15, 0.2) is 29.4 Å². The van der Waals surface area contributed by atoms with Crippen LogP contribution in [-0.4, -0.2) is 35.4 Å². The molecule has 0 aliphatic rings. The van der Waals surface area contributed by atoms with Gasteiger partial charge in [-0.2, -0.15) is 0 Å². The van der Waals surface area contributed by atoms with Crippen LogP contribution >= 0.6 is 23.4 Å². The molecule has 6 heteroatoms. The van der Waals surface area contributed by atoms with Gasteiger partial charge in [0.2, 0.25) is 0 Å². The molecular formula is C19H26ClN3OS. The summed E-state index contributed by atoms with van der Waals surface area (Å²) < 4.78 is 5.71. The molecule has 0 saturated carbocycles. The summed E-state index contributed by atoms with van der Waals surface area (Å²) in [6.07, 6.45) is 2.83. The summed E-state index contributed by atoms with van der Waals surface area (Å²) in [4.78, 5) is 11.4. The number of halogens is 1. The van der Waals surface area contributed by atoms with E-state index in [2.05, 4.69) is 35.9 Å². The largest absolute Gasteiger partial charge is 0.491 e. The van der Waals surface area contributed by atoms with Crippen molar-refractivity contribution in [1.29, 1.82) is 0 Å². The van der Waals surface area contributed by atoms with Gasteiger partial charge in [0.05, 0.1) is 6.10 Å². The van der Waals surface area contributed by atoms with E-state index in [0.29, 0.717) is 16.7 Å². The van der Waals surface area contributed by atoms with Crippen molar-refractivity contribution in [2.45, 2.75) is 45.4 Å². The molecule has 0 radical (unpaired) electrons. The Labute approximate surface area is 160 Å². The first-order valence-electron chi connectivity index (χ1n) is 8.59. The molecule has 0 saturated heterocycles. The maximum Gasteiger partial charge on any atom is 0.190 e. The molecule has 0 aliphatic carbocycles. The molecule has 25 heavy (non-hydrogen) atoms. The number of benzene rings is 1. The van der Waals surface area contributed by atoms with Gasteiger partial charge in [0.1, 0.15) is 16.7 Å². The number of thioether (sulfide) groups is 1. The van der Waals surface area contributed by atoms with Crippen molar-refractivity contribution < 1.29 is 4.74 Å². The number of nitrogens with zero attached hydrogens (tertiary/aromatic N) is 3. The van der Waals surface area contributed by atoms with E-state index in [1.807, 2.05) is 32.2 Å². The first-order chi connectivity index (χ1) is 12.0. The van der Waals surface area contributed by atoms with Gasteiger partial charge < -0.3 is 9.64 Å². The lowest BCUT2D eigenvalue weighted by molar-refractivity contribution is 0.242. The lowest BCUT2D eigenvalue weighted by Gasteiger charge is -2.23. The molecule has 2 aromatic rings. The van der Waals surface area contributed by atoms with Crippen LogP contribution in [0.5, 0.6) is 5.75 Å². The van der Waals surface area contributed by atoms with E-state index >= 15 is 0 Å². The van der Waals surface area contributed by atoms with Crippen LogP contribution in [0.1, 0.15) is 38.8 Å². The number of hydrogen-bond donors (Lipinski definition) is 0. The summed E-state index contributed by atoms with van der Waals surface area (Å²) in [6, 6.07) is 8.14. The smallest absolute Gasteiger partial charge is 0.190 e. The molecule has 0 spiro atoms. The summed E-state index contributed by atoms with van der Waals surface area (Å²) >= 11 is 8.01. The fourth-order valence-electron chi connectivity index (χ4n) is 2.62. The molecule has 0 fully saturated rings. The highest BCUT2D eigenvalue weighted by molar-refractivity contribution is 7.98. The summed E-state index contributed by atoms with van der Waals surface area (Å²) in [5.41, 5.74) is 2.13. The molecule has 0 unspecified atom stereocenters. The molecular weight excluding hydrogens is 354 g/mol. The van der Waals surface area contributed by atoms with Crippen molar-refractivity contribution in [3.05, 3.63) is 40.5 Å². The van der Waals surface area contributed by atoms with Gasteiger partial charge in [-0.25, -0.2) is 9.97 Å². The highest BCUT2D eigenvalue weighted by Gasteiger charge is 2.17. The molecule has 0 bridgehead atoms. The van der Waals surface area contributed by atoms with Gasteiger partial charge in [0, 0.05) is 25.1 Å². The Morgan fingerprint density at radius 1 is 1.12 bits per heavy atom. The third-order valence-electron chi connectivity index (χ3n) is 3.84. The molecule has 4 nitrogen and oxygen atoms in total. The zero-order chi connectivity index (χ0) is 18.4. The normalized spacial score (nSPS) is 11.0. The molecule has 0 atom stereocenters. The number of anilines is 1. The Bertz CT molecular complexity index is 688. The van der Waals surface area contributed by atoms with E-state index in [9.17, 15) is 0 Å². The fraction of sp³-hybridized carbons (Fsp3) is 0.474. The van der Waals surface area contributed by atoms with Gasteiger partial charge in [-0.1, -0.05) is 35.5 Å². The number of aromatic nitrogens is 2. The molecule has 0 N–H and O–H groups in total. The van der Waals surface area contributed by atoms with Crippen molar-refractivity contribution >= 4 is 29.2 Å². The first kappa shape index (κ1) is 19.9. The Kier molecular flexibility index (Phi) is 7.38. The lowest BCUT2D eigenvalue weighted by atomic mass is 10.1. The van der Waals surface area contributed by atoms with Crippen LogP contribution in [-0.2, 0) is 6.42 Å². The predicted molar refractivity (Wildman–Crippen MR) is 107 cm³/mol. The van der Waals surface area contributed by atoms with Crippen LogP contribution in [0, 0.1) is 0 Å². The van der Waals surface area contributed by atoms with Crippen molar-refractivity contribution in [2.24, 2.45) is 0 Å². The minimum atomic E-state index is 0.169. The number of rotatable bonds is 8. The van der Waals surface area contributed by atoms with Gasteiger partial charge >= 0.3 is 0 Å². The second kappa shape index (κ2) is 9.30. The van der Waals surface area contributed by atoms with Crippen molar-refractivity contribution in [3.63, 3.8) is 0 Å². The van der Waals surface area contributed by atoms with Gasteiger partial charge in [-0.3, -0.25) is 0 Å². The van der Waals surface area contributed by atoms with Crippen molar-refractivity contribution in [2.75, 3.05) is 24.2 Å². The predicted octanol–water partition coefficient (Wildman–Crippen LogP) is 5.08. The van der Waals surface area contributed by atoms with E-state index in [-0.39, 0.29) is 6.10 Å². The molecule has 1 aromatic heterocycles. The minimum absolute atomic E-state index is 0.169. The molecule has 1 aromatic carbocycles. The van der Waals surface area contributed by atoms with Crippen LogP contribution in [0.4, 0.5) is 5.82 Å². The quantitative estimate of drug-likeness (QED) is 0.363. The van der Waals surface area contributed by atoms with Gasteiger partial charge in [0.15, 0.2) is 5.16 Å². The lowest BCUT2D eigenvalue weighted by Crippen LogP contribution is -2.25. The zero-order valence-electron chi connectivity index (χ0n) is 15.5. The van der Waals surface area contributed by atoms with Crippen molar-refractivity contribution in [1.82, 2.24) is 9.97 Å². The summed E-state index contributed by atoms with van der Waals surface area (Å²) in [5, 5.41) is 1.24. The van der Waals surface area contributed by atoms with Gasteiger partial charge in [0.25, 0.3) is 0 Å². The van der Waals surface area contributed by atoms with E-state index in [1.54, 1.807) is 0 Å². The topological polar surface area (TPSA) is 38.2 Å². The average Bonchev–Trinajstić information content (AvgIpc) is 2.59. The van der Waals surface area contributed by atoms with E-state index in [4.69, 9.17) is 21.3 Å². The first-order valence-corrected chi connectivity index (χ1v) is 10.2. The average molecular weight is 380 g/mol. The summed E-state index contributed by atoms with van der Waals surface area (Å²) in [7, 11) is 0. The Morgan fingerprint density at radius 2 is 1.76 bits per heavy atom. The highest BCUT2D eigenvalue weighted by atomic mass is 35.5. The SMILES string of the molecule is CCN(CC)c1nc(SC)nc(Cl)c1Cc1ccc(OC(C)C)cc1. The molecule has 0 aliphatic heterocycles. The number of ether oxygens (including phenoxy) is 1. The fourth-order valence-corrected chi connectivity index (χ4v) is 3.26. The van der Waals surface area contributed by atoms with Gasteiger partial charge in [-0.15, -0.1) is 0 Å².